The van der Waals surface area contributed by atoms with Gasteiger partial charge in [-0.15, -0.1) is 0 Å². The summed E-state index contributed by atoms with van der Waals surface area (Å²) < 4.78 is 13.5. The van der Waals surface area contributed by atoms with Gasteiger partial charge in [0.25, 0.3) is 0 Å². The molecule has 3 aromatic rings. The molecule has 2 aromatic carbocycles. The summed E-state index contributed by atoms with van der Waals surface area (Å²) in [6.45, 7) is 0.596. The zero-order chi connectivity index (χ0) is 13.1. The van der Waals surface area contributed by atoms with E-state index in [0.29, 0.717) is 12.2 Å². The first-order chi connectivity index (χ1) is 9.33. The second-order valence-electron chi connectivity index (χ2n) is 4.39. The maximum Gasteiger partial charge on any atom is 0.146 e. The number of para-hydroxylation sites is 1. The van der Waals surface area contributed by atoms with E-state index >= 15 is 0 Å². The minimum Gasteiger partial charge on any atom is -0.379 e. The van der Waals surface area contributed by atoms with Gasteiger partial charge in [0, 0.05) is 24.3 Å². The fraction of sp³-hybridized carbons (Fsp3) is 0.0625. The molecule has 0 unspecified atom stereocenters. The number of halogens is 1. The molecule has 0 aliphatic rings. The van der Waals surface area contributed by atoms with Crippen molar-refractivity contribution in [1.29, 1.82) is 0 Å². The van der Waals surface area contributed by atoms with Crippen molar-refractivity contribution in [3.63, 3.8) is 0 Å². The van der Waals surface area contributed by atoms with Gasteiger partial charge in [-0.1, -0.05) is 24.3 Å². The van der Waals surface area contributed by atoms with E-state index in [0.717, 1.165) is 16.3 Å². The molecule has 3 heteroatoms. The van der Waals surface area contributed by atoms with E-state index in [-0.39, 0.29) is 5.82 Å². The topological polar surface area (TPSA) is 24.9 Å². The third-order valence-corrected chi connectivity index (χ3v) is 3.06. The minimum absolute atomic E-state index is 0.229. The van der Waals surface area contributed by atoms with Crippen LogP contribution in [0, 0.1) is 5.82 Å². The Bertz CT molecular complexity index is 710. The number of hydrogen-bond acceptors (Lipinski definition) is 2. The Morgan fingerprint density at radius 3 is 2.79 bits per heavy atom. The first-order valence-corrected chi connectivity index (χ1v) is 6.14. The summed E-state index contributed by atoms with van der Waals surface area (Å²) in [5.41, 5.74) is 1.64. The van der Waals surface area contributed by atoms with Gasteiger partial charge in [0.1, 0.15) is 5.82 Å². The smallest absolute Gasteiger partial charge is 0.146 e. The van der Waals surface area contributed by atoms with Crippen molar-refractivity contribution in [2.24, 2.45) is 0 Å². The predicted octanol–water partition coefficient (Wildman–Crippen LogP) is 3.99. The van der Waals surface area contributed by atoms with Crippen molar-refractivity contribution < 1.29 is 4.39 Å². The predicted molar refractivity (Wildman–Crippen MR) is 75.5 cm³/mol. The summed E-state index contributed by atoms with van der Waals surface area (Å²) in [7, 11) is 0. The second-order valence-corrected chi connectivity index (χ2v) is 4.39. The number of pyridine rings is 1. The van der Waals surface area contributed by atoms with E-state index in [9.17, 15) is 4.39 Å². The molecule has 1 aromatic heterocycles. The Kier molecular flexibility index (Phi) is 3.11. The van der Waals surface area contributed by atoms with E-state index in [1.807, 2.05) is 30.5 Å². The number of benzene rings is 2. The van der Waals surface area contributed by atoms with E-state index in [1.54, 1.807) is 18.3 Å². The average Bonchev–Trinajstić information content (AvgIpc) is 2.46. The van der Waals surface area contributed by atoms with Crippen molar-refractivity contribution >= 4 is 16.5 Å². The van der Waals surface area contributed by atoms with Gasteiger partial charge < -0.3 is 5.32 Å². The quantitative estimate of drug-likeness (QED) is 0.762. The van der Waals surface area contributed by atoms with Gasteiger partial charge in [0.2, 0.25) is 0 Å². The summed E-state index contributed by atoms with van der Waals surface area (Å²) in [4.78, 5) is 4.08. The lowest BCUT2D eigenvalue weighted by atomic mass is 10.1. The molecule has 0 saturated carbocycles. The van der Waals surface area contributed by atoms with Crippen molar-refractivity contribution in [3.8, 4) is 0 Å². The van der Waals surface area contributed by atoms with Gasteiger partial charge in [0.05, 0.1) is 5.69 Å². The lowest BCUT2D eigenvalue weighted by molar-refractivity contribution is 0.630. The Morgan fingerprint density at radius 1 is 1.00 bits per heavy atom. The summed E-state index contributed by atoms with van der Waals surface area (Å²) >= 11 is 0. The van der Waals surface area contributed by atoms with Crippen LogP contribution in [0.3, 0.4) is 0 Å². The van der Waals surface area contributed by atoms with Gasteiger partial charge in [-0.2, -0.15) is 0 Å². The van der Waals surface area contributed by atoms with E-state index < -0.39 is 0 Å². The largest absolute Gasteiger partial charge is 0.379 e. The zero-order valence-corrected chi connectivity index (χ0v) is 10.3. The monoisotopic (exact) mass is 252 g/mol. The fourth-order valence-electron chi connectivity index (χ4n) is 2.04. The molecule has 0 aliphatic heterocycles. The van der Waals surface area contributed by atoms with Gasteiger partial charge in [-0.25, -0.2) is 4.39 Å². The molecule has 0 fully saturated rings. The molecular weight excluding hydrogens is 239 g/mol. The Hall–Kier alpha value is -2.42. The van der Waals surface area contributed by atoms with Gasteiger partial charge in [0.15, 0.2) is 0 Å². The normalized spacial score (nSPS) is 10.6. The lowest BCUT2D eigenvalue weighted by Gasteiger charge is -2.08. The van der Waals surface area contributed by atoms with Crippen LogP contribution in [-0.4, -0.2) is 4.98 Å². The highest BCUT2D eigenvalue weighted by atomic mass is 19.1. The molecule has 0 bridgehead atoms. The molecule has 19 heavy (non-hydrogen) atoms. The van der Waals surface area contributed by atoms with E-state index in [1.165, 1.54) is 6.07 Å². The highest BCUT2D eigenvalue weighted by Crippen LogP contribution is 2.17. The summed E-state index contributed by atoms with van der Waals surface area (Å²) in [6, 6.07) is 14.8. The third-order valence-electron chi connectivity index (χ3n) is 3.06. The highest BCUT2D eigenvalue weighted by Gasteiger charge is 2.00. The molecule has 0 amide bonds. The molecule has 1 heterocycles. The van der Waals surface area contributed by atoms with Gasteiger partial charge in [-0.3, -0.25) is 4.98 Å². The molecule has 0 saturated heterocycles. The number of rotatable bonds is 3. The van der Waals surface area contributed by atoms with Crippen molar-refractivity contribution in [2.45, 2.75) is 6.54 Å². The molecule has 2 nitrogen and oxygen atoms in total. The Morgan fingerprint density at radius 2 is 1.89 bits per heavy atom. The summed E-state index contributed by atoms with van der Waals surface area (Å²) in [6.07, 6.45) is 3.61. The highest BCUT2D eigenvalue weighted by molar-refractivity contribution is 5.82. The number of aromatic nitrogens is 1. The maximum atomic E-state index is 13.5. The van der Waals surface area contributed by atoms with Crippen molar-refractivity contribution in [3.05, 3.63) is 72.3 Å². The molecule has 0 aliphatic carbocycles. The van der Waals surface area contributed by atoms with Crippen LogP contribution in [0.2, 0.25) is 0 Å². The lowest BCUT2D eigenvalue weighted by Crippen LogP contribution is -2.01. The first-order valence-electron chi connectivity index (χ1n) is 6.14. The summed E-state index contributed by atoms with van der Waals surface area (Å²) in [5, 5.41) is 5.35. The number of nitrogens with one attached hydrogen (secondary N) is 1. The second kappa shape index (κ2) is 5.06. The standard InChI is InChI=1S/C16H13FN2/c17-15-3-1-2-4-16(15)19-10-12-5-6-14-11-18-8-7-13(14)9-12/h1-9,11,19H,10H2. The fourth-order valence-corrected chi connectivity index (χ4v) is 2.04. The Labute approximate surface area is 110 Å². The van der Waals surface area contributed by atoms with Crippen molar-refractivity contribution in [1.82, 2.24) is 4.98 Å². The molecule has 0 radical (unpaired) electrons. The molecule has 3 rings (SSSR count). The molecule has 0 atom stereocenters. The Balaban J connectivity index is 1.80. The van der Waals surface area contributed by atoms with Crippen molar-refractivity contribution in [2.75, 3.05) is 5.32 Å². The SMILES string of the molecule is Fc1ccccc1NCc1ccc2cnccc2c1. The molecule has 94 valence electrons. The number of anilines is 1. The van der Waals surface area contributed by atoms with Crippen LogP contribution in [0.4, 0.5) is 10.1 Å². The average molecular weight is 252 g/mol. The number of hydrogen-bond donors (Lipinski definition) is 1. The van der Waals surface area contributed by atoms with Crippen LogP contribution >= 0.6 is 0 Å². The van der Waals surface area contributed by atoms with Crippen LogP contribution in [0.5, 0.6) is 0 Å². The van der Waals surface area contributed by atoms with Crippen LogP contribution in [-0.2, 0) is 6.54 Å². The molecule has 1 N–H and O–H groups in total. The van der Waals surface area contributed by atoms with Crippen LogP contribution in [0.1, 0.15) is 5.56 Å². The number of fused-ring (bicyclic) bond motifs is 1. The molecule has 0 spiro atoms. The van der Waals surface area contributed by atoms with Crippen LogP contribution in [0.15, 0.2) is 60.9 Å². The third kappa shape index (κ3) is 2.55. The molecular formula is C16H13FN2. The van der Waals surface area contributed by atoms with E-state index in [4.69, 9.17) is 0 Å². The summed E-state index contributed by atoms with van der Waals surface area (Å²) in [5.74, 6) is -0.229. The first kappa shape index (κ1) is 11.7. The van der Waals surface area contributed by atoms with Crippen LogP contribution < -0.4 is 5.32 Å². The minimum atomic E-state index is -0.229. The van der Waals surface area contributed by atoms with Gasteiger partial charge >= 0.3 is 0 Å². The van der Waals surface area contributed by atoms with Gasteiger partial charge in [-0.05, 0) is 35.2 Å². The number of nitrogens with zero attached hydrogens (tertiary/aromatic N) is 1. The maximum absolute atomic E-state index is 13.5. The zero-order valence-electron chi connectivity index (χ0n) is 10.3. The van der Waals surface area contributed by atoms with Crippen LogP contribution in [0.25, 0.3) is 10.8 Å². The van der Waals surface area contributed by atoms with E-state index in [2.05, 4.69) is 16.4 Å².